The number of nitrogens with one attached hydrogen (secondary N) is 1. The third-order valence-corrected chi connectivity index (χ3v) is 3.80. The van der Waals surface area contributed by atoms with Crippen molar-refractivity contribution in [1.29, 1.82) is 0 Å². The van der Waals surface area contributed by atoms with Crippen LogP contribution in [0.4, 0.5) is 11.5 Å². The van der Waals surface area contributed by atoms with Gasteiger partial charge < -0.3 is 11.1 Å². The number of nitrogens with zero attached hydrogens (tertiary/aromatic N) is 1. The molecule has 0 spiro atoms. The van der Waals surface area contributed by atoms with Crippen molar-refractivity contribution >= 4 is 11.5 Å². The fourth-order valence-corrected chi connectivity index (χ4v) is 2.55. The smallest absolute Gasteiger partial charge is 0.123 e. The van der Waals surface area contributed by atoms with Crippen molar-refractivity contribution in [3.63, 3.8) is 0 Å². The van der Waals surface area contributed by atoms with Crippen LogP contribution in [-0.2, 0) is 0 Å². The second kappa shape index (κ2) is 5.89. The lowest BCUT2D eigenvalue weighted by Crippen LogP contribution is -2.15. The molecule has 0 aromatic carbocycles. The molecule has 0 bridgehead atoms. The van der Waals surface area contributed by atoms with E-state index < -0.39 is 0 Å². The van der Waals surface area contributed by atoms with Gasteiger partial charge in [-0.05, 0) is 30.4 Å². The predicted octanol–water partition coefficient (Wildman–Crippen LogP) is 3.29. The van der Waals surface area contributed by atoms with Crippen LogP contribution in [0.3, 0.4) is 0 Å². The molecule has 0 unspecified atom stereocenters. The van der Waals surface area contributed by atoms with Crippen LogP contribution in [0.25, 0.3) is 0 Å². The number of anilines is 2. The summed E-state index contributed by atoms with van der Waals surface area (Å²) in [5.74, 6) is 2.44. The zero-order valence-corrected chi connectivity index (χ0v) is 10.7. The maximum Gasteiger partial charge on any atom is 0.123 e. The van der Waals surface area contributed by atoms with Gasteiger partial charge in [-0.2, -0.15) is 0 Å². The van der Waals surface area contributed by atoms with Crippen LogP contribution in [0.2, 0.25) is 0 Å². The van der Waals surface area contributed by atoms with Gasteiger partial charge in [0.15, 0.2) is 0 Å². The van der Waals surface area contributed by atoms with Crippen molar-refractivity contribution in [3.8, 4) is 0 Å². The largest absolute Gasteiger partial charge is 0.384 e. The van der Waals surface area contributed by atoms with Gasteiger partial charge >= 0.3 is 0 Å². The van der Waals surface area contributed by atoms with Crippen LogP contribution in [0, 0.1) is 11.8 Å². The average Bonchev–Trinajstić information content (AvgIpc) is 2.34. The van der Waals surface area contributed by atoms with E-state index in [9.17, 15) is 0 Å². The van der Waals surface area contributed by atoms with Gasteiger partial charge in [-0.15, -0.1) is 0 Å². The Morgan fingerprint density at radius 1 is 1.29 bits per heavy atom. The Bertz CT molecular complexity index is 326. The lowest BCUT2D eigenvalue weighted by Gasteiger charge is -2.26. The third kappa shape index (κ3) is 3.91. The van der Waals surface area contributed by atoms with E-state index in [1.54, 1.807) is 6.20 Å². The van der Waals surface area contributed by atoms with Gasteiger partial charge in [0, 0.05) is 6.54 Å². The number of hydrogen-bond acceptors (Lipinski definition) is 3. The van der Waals surface area contributed by atoms with E-state index in [0.717, 1.165) is 24.1 Å². The molecule has 1 aliphatic carbocycles. The summed E-state index contributed by atoms with van der Waals surface area (Å²) in [6.07, 6.45) is 8.71. The van der Waals surface area contributed by atoms with Gasteiger partial charge in [-0.25, -0.2) is 4.98 Å². The molecule has 0 radical (unpaired) electrons. The van der Waals surface area contributed by atoms with Crippen LogP contribution in [-0.4, -0.2) is 11.5 Å². The molecule has 17 heavy (non-hydrogen) atoms. The molecule has 1 saturated carbocycles. The van der Waals surface area contributed by atoms with Crippen molar-refractivity contribution in [2.24, 2.45) is 11.8 Å². The van der Waals surface area contributed by atoms with Gasteiger partial charge in [-0.1, -0.05) is 32.6 Å². The van der Waals surface area contributed by atoms with E-state index in [2.05, 4.69) is 17.2 Å². The molecule has 1 heterocycles. The number of rotatable bonds is 4. The highest BCUT2D eigenvalue weighted by Gasteiger charge is 2.17. The fourth-order valence-electron chi connectivity index (χ4n) is 2.55. The maximum atomic E-state index is 5.55. The van der Waals surface area contributed by atoms with Gasteiger partial charge in [0.1, 0.15) is 5.82 Å². The van der Waals surface area contributed by atoms with E-state index in [4.69, 9.17) is 5.73 Å². The molecule has 1 aliphatic rings. The normalized spacial score (nSPS) is 24.5. The molecule has 0 atom stereocenters. The first-order chi connectivity index (χ1) is 8.24. The quantitative estimate of drug-likeness (QED) is 0.839. The predicted molar refractivity (Wildman–Crippen MR) is 72.9 cm³/mol. The molecule has 0 aliphatic heterocycles. The highest BCUT2D eigenvalue weighted by molar-refractivity contribution is 5.45. The van der Waals surface area contributed by atoms with Crippen molar-refractivity contribution in [2.45, 2.75) is 39.0 Å². The van der Waals surface area contributed by atoms with Gasteiger partial charge in [0.25, 0.3) is 0 Å². The van der Waals surface area contributed by atoms with Crippen LogP contribution in [0.1, 0.15) is 39.0 Å². The lowest BCUT2D eigenvalue weighted by molar-refractivity contribution is 0.282. The standard InChI is InChI=1S/C14H23N3/c1-11-2-4-12(5-3-11)8-9-16-13-6-7-14(15)17-10-13/h6-7,10-12,16H,2-5,8-9H2,1H3,(H2,15,17). The molecular formula is C14H23N3. The Balaban J connectivity index is 1.67. The van der Waals surface area contributed by atoms with Crippen LogP contribution in [0.5, 0.6) is 0 Å². The van der Waals surface area contributed by atoms with E-state index in [1.165, 1.54) is 32.1 Å². The monoisotopic (exact) mass is 233 g/mol. The minimum Gasteiger partial charge on any atom is -0.384 e. The summed E-state index contributed by atoms with van der Waals surface area (Å²) < 4.78 is 0. The highest BCUT2D eigenvalue weighted by atomic mass is 14.9. The Labute approximate surface area is 104 Å². The Hall–Kier alpha value is -1.25. The molecule has 0 saturated heterocycles. The SMILES string of the molecule is CC1CCC(CCNc2ccc(N)nc2)CC1. The topological polar surface area (TPSA) is 50.9 Å². The molecular weight excluding hydrogens is 210 g/mol. The van der Waals surface area contributed by atoms with Crippen molar-refractivity contribution < 1.29 is 0 Å². The zero-order valence-electron chi connectivity index (χ0n) is 10.7. The summed E-state index contributed by atoms with van der Waals surface area (Å²) in [6.45, 7) is 3.42. The first-order valence-corrected chi connectivity index (χ1v) is 6.69. The minimum atomic E-state index is 0.580. The molecule has 94 valence electrons. The Morgan fingerprint density at radius 3 is 2.71 bits per heavy atom. The van der Waals surface area contributed by atoms with Gasteiger partial charge in [0.05, 0.1) is 11.9 Å². The van der Waals surface area contributed by atoms with Crippen LogP contribution >= 0.6 is 0 Å². The molecule has 3 N–H and O–H groups in total. The van der Waals surface area contributed by atoms with Gasteiger partial charge in [0.2, 0.25) is 0 Å². The number of nitrogens with two attached hydrogens (primary N) is 1. The summed E-state index contributed by atoms with van der Waals surface area (Å²) in [5.41, 5.74) is 6.62. The second-order valence-corrected chi connectivity index (χ2v) is 5.31. The molecule has 1 aromatic heterocycles. The summed E-state index contributed by atoms with van der Waals surface area (Å²) in [5, 5.41) is 3.41. The molecule has 3 nitrogen and oxygen atoms in total. The van der Waals surface area contributed by atoms with E-state index in [1.807, 2.05) is 12.1 Å². The van der Waals surface area contributed by atoms with Crippen molar-refractivity contribution in [1.82, 2.24) is 4.98 Å². The number of hydrogen-bond donors (Lipinski definition) is 2. The molecule has 2 rings (SSSR count). The third-order valence-electron chi connectivity index (χ3n) is 3.80. The van der Waals surface area contributed by atoms with E-state index in [-0.39, 0.29) is 0 Å². The number of nitrogen functional groups attached to an aromatic ring is 1. The summed E-state index contributed by atoms with van der Waals surface area (Å²) >= 11 is 0. The summed E-state index contributed by atoms with van der Waals surface area (Å²) in [6, 6.07) is 3.83. The Kier molecular flexibility index (Phi) is 4.24. The molecule has 0 amide bonds. The van der Waals surface area contributed by atoms with Crippen LogP contribution in [0.15, 0.2) is 18.3 Å². The molecule has 1 aromatic rings. The van der Waals surface area contributed by atoms with Crippen molar-refractivity contribution in [3.05, 3.63) is 18.3 Å². The molecule has 3 heteroatoms. The summed E-state index contributed by atoms with van der Waals surface area (Å²) in [4.78, 5) is 4.07. The lowest BCUT2D eigenvalue weighted by atomic mass is 9.81. The van der Waals surface area contributed by atoms with Crippen molar-refractivity contribution in [2.75, 3.05) is 17.6 Å². The molecule has 1 fully saturated rings. The first-order valence-electron chi connectivity index (χ1n) is 6.69. The second-order valence-electron chi connectivity index (χ2n) is 5.31. The summed E-state index contributed by atoms with van der Waals surface area (Å²) in [7, 11) is 0. The zero-order chi connectivity index (χ0) is 12.1. The first kappa shape index (κ1) is 12.2. The maximum absolute atomic E-state index is 5.55. The fraction of sp³-hybridized carbons (Fsp3) is 0.643. The van der Waals surface area contributed by atoms with E-state index in [0.29, 0.717) is 5.82 Å². The van der Waals surface area contributed by atoms with Gasteiger partial charge in [-0.3, -0.25) is 0 Å². The number of aromatic nitrogens is 1. The Morgan fingerprint density at radius 2 is 2.06 bits per heavy atom. The van der Waals surface area contributed by atoms with E-state index >= 15 is 0 Å². The highest BCUT2D eigenvalue weighted by Crippen LogP contribution is 2.30. The number of pyridine rings is 1. The minimum absolute atomic E-state index is 0.580. The van der Waals surface area contributed by atoms with Crippen LogP contribution < -0.4 is 11.1 Å². The average molecular weight is 233 g/mol.